The molecule has 1 aliphatic heterocycles. The van der Waals surface area contributed by atoms with Gasteiger partial charge in [0.2, 0.25) is 5.95 Å². The van der Waals surface area contributed by atoms with E-state index in [0.717, 1.165) is 45.0 Å². The first kappa shape index (κ1) is 18.3. The van der Waals surface area contributed by atoms with Crippen molar-refractivity contribution in [2.45, 2.75) is 25.8 Å². The van der Waals surface area contributed by atoms with Crippen LogP contribution in [0.25, 0.3) is 0 Å². The van der Waals surface area contributed by atoms with Crippen LogP contribution in [-0.2, 0) is 4.79 Å². The molecule has 1 aromatic carbocycles. The molecule has 0 saturated carbocycles. The van der Waals surface area contributed by atoms with E-state index in [1.165, 1.54) is 10.5 Å². The lowest BCUT2D eigenvalue weighted by atomic mass is 10.0. The smallest absolute Gasteiger partial charge is 0.275 e. The number of quaternary nitrogens is 1. The zero-order valence-corrected chi connectivity index (χ0v) is 15.4. The van der Waals surface area contributed by atoms with E-state index in [-0.39, 0.29) is 11.9 Å². The number of nitrogens with one attached hydrogen (secondary N) is 2. The maximum absolute atomic E-state index is 12.6. The number of rotatable bonds is 7. The van der Waals surface area contributed by atoms with Crippen LogP contribution in [0.15, 0.2) is 48.8 Å². The third-order valence-electron chi connectivity index (χ3n) is 4.83. The molecule has 2 aromatic rings. The largest absolute Gasteiger partial charge is 0.344 e. The third-order valence-corrected chi connectivity index (χ3v) is 4.83. The average molecular weight is 354 g/mol. The van der Waals surface area contributed by atoms with Crippen molar-refractivity contribution in [2.75, 3.05) is 37.6 Å². The zero-order valence-electron chi connectivity index (χ0n) is 15.4. The SMILES string of the molecule is CCC[C@@H](NC(=O)C[NH+]1CCN(c2ncccn2)CC1)c1ccccc1. The standard InChI is InChI=1S/C20H27N5O/c1-2-7-18(17-8-4-3-5-9-17)23-19(26)16-24-12-14-25(15-13-24)20-21-10-6-11-22-20/h3-6,8-11,18H,2,7,12-16H2,1H3,(H,23,26)/p+1/t18-/m1/s1. The van der Waals surface area contributed by atoms with Crippen molar-refractivity contribution in [3.8, 4) is 0 Å². The summed E-state index contributed by atoms with van der Waals surface area (Å²) in [7, 11) is 0. The van der Waals surface area contributed by atoms with Gasteiger partial charge in [0.05, 0.1) is 32.2 Å². The molecule has 1 amide bonds. The van der Waals surface area contributed by atoms with Crippen molar-refractivity contribution in [3.63, 3.8) is 0 Å². The molecule has 1 atom stereocenters. The number of anilines is 1. The number of aromatic nitrogens is 2. The topological polar surface area (TPSA) is 62.6 Å². The molecule has 0 unspecified atom stereocenters. The number of amides is 1. The molecule has 1 aromatic heterocycles. The average Bonchev–Trinajstić information content (AvgIpc) is 2.69. The quantitative estimate of drug-likeness (QED) is 0.773. The summed E-state index contributed by atoms with van der Waals surface area (Å²) in [6.45, 7) is 6.28. The second-order valence-electron chi connectivity index (χ2n) is 6.78. The molecule has 2 N–H and O–H groups in total. The molecule has 26 heavy (non-hydrogen) atoms. The van der Waals surface area contributed by atoms with E-state index in [1.807, 2.05) is 24.3 Å². The molecule has 2 heterocycles. The minimum Gasteiger partial charge on any atom is -0.344 e. The molecule has 0 radical (unpaired) electrons. The molecule has 1 aliphatic rings. The van der Waals surface area contributed by atoms with Crippen LogP contribution in [0.2, 0.25) is 0 Å². The third kappa shape index (κ3) is 5.02. The van der Waals surface area contributed by atoms with Crippen molar-refractivity contribution in [1.82, 2.24) is 15.3 Å². The van der Waals surface area contributed by atoms with Gasteiger partial charge in [0, 0.05) is 12.4 Å². The summed E-state index contributed by atoms with van der Waals surface area (Å²) in [4.78, 5) is 24.7. The molecule has 0 bridgehead atoms. The molecule has 0 aliphatic carbocycles. The van der Waals surface area contributed by atoms with Crippen molar-refractivity contribution in [3.05, 3.63) is 54.4 Å². The van der Waals surface area contributed by atoms with Gasteiger partial charge in [-0.25, -0.2) is 9.97 Å². The van der Waals surface area contributed by atoms with Gasteiger partial charge >= 0.3 is 0 Å². The number of carbonyl (C=O) groups is 1. The second-order valence-corrected chi connectivity index (χ2v) is 6.78. The fourth-order valence-corrected chi connectivity index (χ4v) is 3.42. The summed E-state index contributed by atoms with van der Waals surface area (Å²) >= 11 is 0. The Morgan fingerprint density at radius 3 is 2.50 bits per heavy atom. The van der Waals surface area contributed by atoms with Gasteiger partial charge in [0.1, 0.15) is 0 Å². The summed E-state index contributed by atoms with van der Waals surface area (Å²) in [5.74, 6) is 0.912. The Labute approximate surface area is 155 Å². The molecular formula is C20H28N5O+. The molecule has 1 saturated heterocycles. The van der Waals surface area contributed by atoms with Gasteiger partial charge in [0.15, 0.2) is 6.54 Å². The molecule has 6 nitrogen and oxygen atoms in total. The second kappa shape index (κ2) is 9.29. The molecule has 0 spiro atoms. The van der Waals surface area contributed by atoms with Gasteiger partial charge in [-0.1, -0.05) is 43.7 Å². The lowest BCUT2D eigenvalue weighted by Crippen LogP contribution is -3.16. The highest BCUT2D eigenvalue weighted by Gasteiger charge is 2.24. The van der Waals surface area contributed by atoms with Crippen LogP contribution in [-0.4, -0.2) is 48.6 Å². The molecule has 6 heteroatoms. The number of nitrogens with zero attached hydrogens (tertiary/aromatic N) is 3. The van der Waals surface area contributed by atoms with E-state index in [9.17, 15) is 4.79 Å². The van der Waals surface area contributed by atoms with Crippen LogP contribution < -0.4 is 15.1 Å². The van der Waals surface area contributed by atoms with Gasteiger partial charge in [-0.3, -0.25) is 4.79 Å². The van der Waals surface area contributed by atoms with Gasteiger partial charge in [-0.2, -0.15) is 0 Å². The Hall–Kier alpha value is -2.47. The van der Waals surface area contributed by atoms with Crippen LogP contribution in [0.1, 0.15) is 31.4 Å². The van der Waals surface area contributed by atoms with Crippen LogP contribution in [0, 0.1) is 0 Å². The predicted molar refractivity (Wildman–Crippen MR) is 102 cm³/mol. The molecule has 138 valence electrons. The van der Waals surface area contributed by atoms with E-state index in [0.29, 0.717) is 6.54 Å². The number of carbonyl (C=O) groups excluding carboxylic acids is 1. The molecule has 1 fully saturated rings. The van der Waals surface area contributed by atoms with Crippen molar-refractivity contribution >= 4 is 11.9 Å². The van der Waals surface area contributed by atoms with Gasteiger partial charge in [-0.05, 0) is 18.1 Å². The van der Waals surface area contributed by atoms with Gasteiger partial charge in [0.25, 0.3) is 5.91 Å². The fraction of sp³-hybridized carbons (Fsp3) is 0.450. The van der Waals surface area contributed by atoms with E-state index < -0.39 is 0 Å². The Bertz CT molecular complexity index is 671. The Kier molecular flexibility index (Phi) is 6.55. The summed E-state index contributed by atoms with van der Waals surface area (Å²) in [5, 5.41) is 3.23. The molecule has 3 rings (SSSR count). The van der Waals surface area contributed by atoms with Crippen LogP contribution in [0.4, 0.5) is 5.95 Å². The first-order valence-electron chi connectivity index (χ1n) is 9.46. The Balaban J connectivity index is 1.49. The zero-order chi connectivity index (χ0) is 18.2. The number of benzene rings is 1. The summed E-state index contributed by atoms with van der Waals surface area (Å²) in [5.41, 5.74) is 1.18. The van der Waals surface area contributed by atoms with Crippen LogP contribution in [0.3, 0.4) is 0 Å². The summed E-state index contributed by atoms with van der Waals surface area (Å²) in [6.07, 6.45) is 5.55. The van der Waals surface area contributed by atoms with E-state index in [4.69, 9.17) is 0 Å². The van der Waals surface area contributed by atoms with E-state index >= 15 is 0 Å². The number of piperazine rings is 1. The van der Waals surface area contributed by atoms with Crippen LogP contribution >= 0.6 is 0 Å². The fourth-order valence-electron chi connectivity index (χ4n) is 3.42. The van der Waals surface area contributed by atoms with Gasteiger partial charge < -0.3 is 15.1 Å². The number of hydrogen-bond acceptors (Lipinski definition) is 4. The lowest BCUT2D eigenvalue weighted by molar-refractivity contribution is -0.892. The van der Waals surface area contributed by atoms with E-state index in [2.05, 4.69) is 39.2 Å². The first-order chi connectivity index (χ1) is 12.8. The minimum atomic E-state index is 0.104. The highest BCUT2D eigenvalue weighted by Crippen LogP contribution is 2.17. The Morgan fingerprint density at radius 2 is 1.85 bits per heavy atom. The van der Waals surface area contributed by atoms with Crippen molar-refractivity contribution < 1.29 is 9.69 Å². The maximum atomic E-state index is 12.6. The summed E-state index contributed by atoms with van der Waals surface area (Å²) in [6, 6.07) is 12.2. The maximum Gasteiger partial charge on any atom is 0.275 e. The Morgan fingerprint density at radius 1 is 1.15 bits per heavy atom. The normalized spacial score (nSPS) is 16.3. The highest BCUT2D eigenvalue weighted by atomic mass is 16.2. The number of hydrogen-bond donors (Lipinski definition) is 2. The minimum absolute atomic E-state index is 0.104. The van der Waals surface area contributed by atoms with Crippen molar-refractivity contribution in [2.24, 2.45) is 0 Å². The van der Waals surface area contributed by atoms with Crippen molar-refractivity contribution in [1.29, 1.82) is 0 Å². The van der Waals surface area contributed by atoms with E-state index in [1.54, 1.807) is 12.4 Å². The van der Waals surface area contributed by atoms with Gasteiger partial charge in [-0.15, -0.1) is 0 Å². The monoisotopic (exact) mass is 354 g/mol. The van der Waals surface area contributed by atoms with Crippen LogP contribution in [0.5, 0.6) is 0 Å². The predicted octanol–water partition coefficient (Wildman–Crippen LogP) is 0.839. The first-order valence-corrected chi connectivity index (χ1v) is 9.46. The lowest BCUT2D eigenvalue weighted by Gasteiger charge is -2.32. The highest BCUT2D eigenvalue weighted by molar-refractivity contribution is 5.77. The molecular weight excluding hydrogens is 326 g/mol. The summed E-state index contributed by atoms with van der Waals surface area (Å²) < 4.78 is 0.